The van der Waals surface area contributed by atoms with Crippen molar-refractivity contribution >= 4 is 23.0 Å². The Balaban J connectivity index is 1.60. The average molecular weight is 527 g/mol. The van der Waals surface area contributed by atoms with Gasteiger partial charge in [-0.3, -0.25) is 4.98 Å². The van der Waals surface area contributed by atoms with Gasteiger partial charge in [0.15, 0.2) is 0 Å². The van der Waals surface area contributed by atoms with Crippen molar-refractivity contribution in [3.8, 4) is 5.75 Å². The molecule has 0 saturated heterocycles. The average Bonchev–Trinajstić information content (AvgIpc) is 2.90. The van der Waals surface area contributed by atoms with Gasteiger partial charge >= 0.3 is 12.1 Å². The van der Waals surface area contributed by atoms with Crippen molar-refractivity contribution in [2.24, 2.45) is 0 Å². The molecule has 202 valence electrons. The van der Waals surface area contributed by atoms with Crippen LogP contribution in [0.2, 0.25) is 0 Å². The van der Waals surface area contributed by atoms with Gasteiger partial charge < -0.3 is 19.5 Å². The lowest BCUT2D eigenvalue weighted by atomic mass is 10.0. The van der Waals surface area contributed by atoms with Gasteiger partial charge in [-0.05, 0) is 62.9 Å². The van der Waals surface area contributed by atoms with E-state index in [1.54, 1.807) is 18.3 Å². The maximum atomic E-state index is 13.4. The molecule has 1 heterocycles. The predicted octanol–water partition coefficient (Wildman–Crippen LogP) is 6.42. The summed E-state index contributed by atoms with van der Waals surface area (Å²) < 4.78 is 17.4. The van der Waals surface area contributed by atoms with E-state index in [0.717, 1.165) is 16.7 Å². The van der Waals surface area contributed by atoms with Crippen molar-refractivity contribution in [2.75, 3.05) is 6.61 Å². The molecule has 1 amide bonds. The van der Waals surface area contributed by atoms with Crippen LogP contribution in [0.3, 0.4) is 0 Å². The zero-order valence-electron chi connectivity index (χ0n) is 22.8. The lowest BCUT2D eigenvalue weighted by Crippen LogP contribution is -2.43. The molecule has 1 unspecified atom stereocenters. The van der Waals surface area contributed by atoms with Gasteiger partial charge in [0.05, 0.1) is 11.6 Å². The van der Waals surface area contributed by atoms with E-state index in [0.29, 0.717) is 28.6 Å². The van der Waals surface area contributed by atoms with E-state index in [4.69, 9.17) is 14.2 Å². The number of hydrogen-bond donors (Lipinski definition) is 1. The summed E-state index contributed by atoms with van der Waals surface area (Å²) in [5.41, 5.74) is 3.14. The zero-order valence-corrected chi connectivity index (χ0v) is 22.8. The molecule has 1 aromatic heterocycles. The van der Waals surface area contributed by atoms with Crippen molar-refractivity contribution in [3.63, 3.8) is 0 Å². The Kier molecular flexibility index (Phi) is 8.81. The van der Waals surface area contributed by atoms with Gasteiger partial charge in [-0.15, -0.1) is 0 Å². The number of nitrogens with one attached hydrogen (secondary N) is 1. The summed E-state index contributed by atoms with van der Waals surface area (Å²) >= 11 is 0. The Labute approximate surface area is 229 Å². The minimum absolute atomic E-state index is 0.109. The summed E-state index contributed by atoms with van der Waals surface area (Å²) in [5.74, 6) is -0.137. The second-order valence-corrected chi connectivity index (χ2v) is 10.4. The number of carbonyl (C=O) groups is 2. The zero-order chi connectivity index (χ0) is 27.8. The number of pyridine rings is 1. The molecule has 0 aliphatic heterocycles. The fraction of sp³-hybridized carbons (Fsp3) is 0.281. The number of nitrogens with zero attached hydrogens (tertiary/aromatic N) is 1. The number of rotatable bonds is 9. The number of ether oxygens (including phenoxy) is 3. The van der Waals surface area contributed by atoms with Crippen molar-refractivity contribution in [3.05, 3.63) is 107 Å². The van der Waals surface area contributed by atoms with Crippen molar-refractivity contribution in [1.82, 2.24) is 10.3 Å². The van der Waals surface area contributed by atoms with Crippen LogP contribution in [0.15, 0.2) is 85.1 Å². The molecule has 0 aliphatic rings. The second kappa shape index (κ2) is 12.4. The molecule has 3 aromatic carbocycles. The molecule has 7 nitrogen and oxygen atoms in total. The third kappa shape index (κ3) is 7.80. The highest BCUT2D eigenvalue weighted by Gasteiger charge is 2.24. The van der Waals surface area contributed by atoms with Crippen LogP contribution in [0.5, 0.6) is 5.75 Å². The minimum Gasteiger partial charge on any atom is -0.490 e. The van der Waals surface area contributed by atoms with Gasteiger partial charge in [-0.2, -0.15) is 0 Å². The molecule has 1 N–H and O–H groups in total. The van der Waals surface area contributed by atoms with E-state index < -0.39 is 23.7 Å². The Morgan fingerprint density at radius 3 is 2.26 bits per heavy atom. The molecule has 1 atom stereocenters. The van der Waals surface area contributed by atoms with Gasteiger partial charge in [0.1, 0.15) is 30.1 Å². The quantitative estimate of drug-likeness (QED) is 0.254. The molecule has 0 spiro atoms. The molecule has 0 saturated carbocycles. The normalized spacial score (nSPS) is 12.0. The summed E-state index contributed by atoms with van der Waals surface area (Å²) in [5, 5.41) is 3.57. The Morgan fingerprint density at radius 1 is 0.923 bits per heavy atom. The van der Waals surface area contributed by atoms with E-state index >= 15 is 0 Å². The number of benzene rings is 3. The predicted molar refractivity (Wildman–Crippen MR) is 151 cm³/mol. The summed E-state index contributed by atoms with van der Waals surface area (Å²) in [6.07, 6.45) is 1.67. The third-order valence-corrected chi connectivity index (χ3v) is 5.95. The molecular formula is C32H34N2O5. The third-order valence-electron chi connectivity index (χ3n) is 5.95. The lowest BCUT2D eigenvalue weighted by Gasteiger charge is -2.24. The smallest absolute Gasteiger partial charge is 0.408 e. The SMILES string of the molecule is Cc1cc(OCC(Cc2ccccc2)NC(=O)OC(C)(C)C)c(C(=O)OCc2ccccc2)c2cccnc12. The van der Waals surface area contributed by atoms with E-state index in [1.165, 1.54) is 0 Å². The first-order chi connectivity index (χ1) is 18.7. The van der Waals surface area contributed by atoms with Gasteiger partial charge in [0.2, 0.25) is 0 Å². The van der Waals surface area contributed by atoms with Gasteiger partial charge in [0, 0.05) is 11.6 Å². The number of amides is 1. The first kappa shape index (κ1) is 27.6. The molecule has 39 heavy (non-hydrogen) atoms. The van der Waals surface area contributed by atoms with Crippen LogP contribution < -0.4 is 10.1 Å². The molecular weight excluding hydrogens is 492 g/mol. The van der Waals surface area contributed by atoms with Gasteiger partial charge in [-0.1, -0.05) is 66.7 Å². The molecule has 0 radical (unpaired) electrons. The van der Waals surface area contributed by atoms with E-state index in [2.05, 4.69) is 10.3 Å². The number of alkyl carbamates (subject to hydrolysis) is 1. The highest BCUT2D eigenvalue weighted by atomic mass is 16.6. The van der Waals surface area contributed by atoms with E-state index in [-0.39, 0.29) is 13.2 Å². The second-order valence-electron chi connectivity index (χ2n) is 10.4. The fourth-order valence-corrected chi connectivity index (χ4v) is 4.23. The van der Waals surface area contributed by atoms with Gasteiger partial charge in [0.25, 0.3) is 0 Å². The van der Waals surface area contributed by atoms with Gasteiger partial charge in [-0.25, -0.2) is 9.59 Å². The number of esters is 1. The van der Waals surface area contributed by atoms with Crippen LogP contribution in [-0.4, -0.2) is 35.3 Å². The van der Waals surface area contributed by atoms with Crippen LogP contribution >= 0.6 is 0 Å². The van der Waals surface area contributed by atoms with Crippen LogP contribution in [0.1, 0.15) is 47.8 Å². The molecule has 4 aromatic rings. The van der Waals surface area contributed by atoms with Crippen LogP contribution in [0, 0.1) is 6.92 Å². The van der Waals surface area contributed by atoms with Crippen molar-refractivity contribution in [2.45, 2.75) is 52.4 Å². The number of aryl methyl sites for hydroxylation is 1. The number of fused-ring (bicyclic) bond motifs is 1. The first-order valence-corrected chi connectivity index (χ1v) is 13.0. The Bertz CT molecular complexity index is 1420. The van der Waals surface area contributed by atoms with Crippen molar-refractivity contribution in [1.29, 1.82) is 0 Å². The summed E-state index contributed by atoms with van der Waals surface area (Å²) in [4.78, 5) is 30.5. The Hall–Kier alpha value is -4.39. The topological polar surface area (TPSA) is 86.8 Å². The number of hydrogen-bond acceptors (Lipinski definition) is 6. The largest absolute Gasteiger partial charge is 0.490 e. The number of carbonyl (C=O) groups excluding carboxylic acids is 2. The maximum Gasteiger partial charge on any atom is 0.408 e. The van der Waals surface area contributed by atoms with Crippen LogP contribution in [0.25, 0.3) is 10.9 Å². The maximum absolute atomic E-state index is 13.4. The monoisotopic (exact) mass is 526 g/mol. The molecule has 0 bridgehead atoms. The van der Waals surface area contributed by atoms with E-state index in [1.807, 2.05) is 94.4 Å². The van der Waals surface area contributed by atoms with Crippen molar-refractivity contribution < 1.29 is 23.8 Å². The summed E-state index contributed by atoms with van der Waals surface area (Å²) in [6, 6.07) is 24.3. The highest BCUT2D eigenvalue weighted by molar-refractivity contribution is 6.07. The van der Waals surface area contributed by atoms with E-state index in [9.17, 15) is 9.59 Å². The minimum atomic E-state index is -0.639. The molecule has 0 fully saturated rings. The molecule has 7 heteroatoms. The molecule has 4 rings (SSSR count). The molecule has 0 aliphatic carbocycles. The first-order valence-electron chi connectivity index (χ1n) is 13.0. The lowest BCUT2D eigenvalue weighted by molar-refractivity contribution is 0.0455. The highest BCUT2D eigenvalue weighted by Crippen LogP contribution is 2.31. The fourth-order valence-electron chi connectivity index (χ4n) is 4.23. The van der Waals surface area contributed by atoms with Crippen LogP contribution in [0.4, 0.5) is 4.79 Å². The number of aromatic nitrogens is 1. The summed E-state index contributed by atoms with van der Waals surface area (Å²) in [6.45, 7) is 7.60. The van der Waals surface area contributed by atoms with Crippen LogP contribution in [-0.2, 0) is 22.5 Å². The summed E-state index contributed by atoms with van der Waals surface area (Å²) in [7, 11) is 0. The Morgan fingerprint density at radius 2 is 1.59 bits per heavy atom. The standard InChI is InChI=1S/C32H34N2O5/c1-22-18-27(37-21-25(19-23-12-7-5-8-13-23)34-31(36)39-32(2,3)4)28(26-16-11-17-33-29(22)26)30(35)38-20-24-14-9-6-10-15-24/h5-18,25H,19-21H2,1-4H3,(H,34,36).